The number of nitrogens with one attached hydrogen (secondary N) is 1. The molecule has 1 N–H and O–H groups in total. The Morgan fingerprint density at radius 1 is 1.21 bits per heavy atom. The maximum atomic E-state index is 12.2. The summed E-state index contributed by atoms with van der Waals surface area (Å²) in [5, 5.41) is 4.38. The van der Waals surface area contributed by atoms with Crippen molar-refractivity contribution in [3.63, 3.8) is 0 Å². The molecule has 0 aliphatic rings. The van der Waals surface area contributed by atoms with Crippen LogP contribution >= 0.6 is 11.3 Å². The highest BCUT2D eigenvalue weighted by Crippen LogP contribution is 2.22. The molecule has 0 aliphatic carbocycles. The molecule has 0 aliphatic heterocycles. The summed E-state index contributed by atoms with van der Waals surface area (Å²) in [5.74, 6) is -0.955. The topological polar surface area (TPSA) is 89.8 Å². The first-order valence-electron chi connectivity index (χ1n) is 9.16. The second-order valence-electron chi connectivity index (χ2n) is 7.75. The zero-order valence-electron chi connectivity index (χ0n) is 16.8. The molecule has 0 unspecified atom stereocenters. The molecule has 0 spiro atoms. The van der Waals surface area contributed by atoms with E-state index in [1.165, 1.54) is 21.8 Å². The highest BCUT2D eigenvalue weighted by atomic mass is 32.1. The monoisotopic (exact) mass is 413 g/mol. The third-order valence-corrected chi connectivity index (χ3v) is 5.36. The van der Waals surface area contributed by atoms with Crippen LogP contribution in [0.2, 0.25) is 0 Å². The van der Waals surface area contributed by atoms with Gasteiger partial charge in [-0.25, -0.2) is 4.98 Å². The van der Waals surface area contributed by atoms with Gasteiger partial charge in [-0.05, 0) is 30.0 Å². The molecule has 152 valence electrons. The summed E-state index contributed by atoms with van der Waals surface area (Å²) < 4.78 is 6.63. The molecule has 1 amide bonds. The normalized spacial score (nSPS) is 11.4. The van der Waals surface area contributed by atoms with Crippen LogP contribution in [0.4, 0.5) is 0 Å². The standard InChI is InChI=1S/C21H23N3O4S/c1-13-12-29-20-23-16(9-17(25)24(13)20)11-28-18(26)10-22-19(27)14-5-7-15(8-6-14)21(2,3)4/h5-9,12H,10-11H2,1-4H3,(H,22,27). The van der Waals surface area contributed by atoms with Gasteiger partial charge < -0.3 is 10.1 Å². The fourth-order valence-electron chi connectivity index (χ4n) is 2.76. The summed E-state index contributed by atoms with van der Waals surface area (Å²) in [6, 6.07) is 8.61. The van der Waals surface area contributed by atoms with Crippen molar-refractivity contribution >= 4 is 28.2 Å². The predicted octanol–water partition coefficient (Wildman–Crippen LogP) is 2.84. The van der Waals surface area contributed by atoms with Crippen LogP contribution in [0.5, 0.6) is 0 Å². The summed E-state index contributed by atoms with van der Waals surface area (Å²) in [6.07, 6.45) is 0. The molecule has 29 heavy (non-hydrogen) atoms. The Balaban J connectivity index is 1.53. The molecule has 2 heterocycles. The van der Waals surface area contributed by atoms with Crippen LogP contribution in [0.3, 0.4) is 0 Å². The molecule has 0 atom stereocenters. The smallest absolute Gasteiger partial charge is 0.325 e. The molecule has 1 aromatic carbocycles. The number of amides is 1. The van der Waals surface area contributed by atoms with Gasteiger partial charge in [-0.3, -0.25) is 18.8 Å². The molecule has 3 aromatic rings. The molecular formula is C21H23N3O4S. The lowest BCUT2D eigenvalue weighted by molar-refractivity contribution is -0.143. The third kappa shape index (κ3) is 4.89. The molecule has 0 fully saturated rings. The summed E-state index contributed by atoms with van der Waals surface area (Å²) >= 11 is 1.35. The number of aromatic nitrogens is 2. The van der Waals surface area contributed by atoms with Crippen molar-refractivity contribution in [3.8, 4) is 0 Å². The number of aryl methyl sites for hydroxylation is 1. The maximum absolute atomic E-state index is 12.2. The summed E-state index contributed by atoms with van der Waals surface area (Å²) in [7, 11) is 0. The second kappa shape index (κ2) is 8.16. The van der Waals surface area contributed by atoms with Gasteiger partial charge in [0, 0.05) is 22.7 Å². The van der Waals surface area contributed by atoms with Crippen molar-refractivity contribution in [1.29, 1.82) is 0 Å². The first-order valence-corrected chi connectivity index (χ1v) is 10.0. The molecule has 0 bridgehead atoms. The molecule has 0 radical (unpaired) electrons. The number of thiazole rings is 1. The van der Waals surface area contributed by atoms with Crippen molar-refractivity contribution in [1.82, 2.24) is 14.7 Å². The molecular weight excluding hydrogens is 390 g/mol. The van der Waals surface area contributed by atoms with E-state index in [4.69, 9.17) is 4.74 Å². The van der Waals surface area contributed by atoms with E-state index >= 15 is 0 Å². The van der Waals surface area contributed by atoms with Crippen molar-refractivity contribution in [3.05, 3.63) is 68.6 Å². The van der Waals surface area contributed by atoms with Crippen LogP contribution in [0.15, 0.2) is 40.5 Å². The van der Waals surface area contributed by atoms with E-state index < -0.39 is 5.97 Å². The number of rotatable bonds is 5. The van der Waals surface area contributed by atoms with Gasteiger partial charge >= 0.3 is 5.97 Å². The lowest BCUT2D eigenvalue weighted by atomic mass is 9.87. The van der Waals surface area contributed by atoms with Crippen molar-refractivity contribution in [2.75, 3.05) is 6.54 Å². The largest absolute Gasteiger partial charge is 0.458 e. The minimum Gasteiger partial charge on any atom is -0.458 e. The number of hydrogen-bond acceptors (Lipinski definition) is 6. The number of benzene rings is 1. The van der Waals surface area contributed by atoms with Gasteiger partial charge in [-0.2, -0.15) is 0 Å². The fraction of sp³-hybridized carbons (Fsp3) is 0.333. The van der Waals surface area contributed by atoms with Crippen molar-refractivity contribution in [2.45, 2.75) is 39.7 Å². The summed E-state index contributed by atoms with van der Waals surface area (Å²) in [4.78, 5) is 41.1. The first kappa shape index (κ1) is 20.7. The van der Waals surface area contributed by atoms with Crippen LogP contribution in [-0.4, -0.2) is 27.8 Å². The van der Waals surface area contributed by atoms with Crippen LogP contribution < -0.4 is 10.9 Å². The maximum Gasteiger partial charge on any atom is 0.325 e. The highest BCUT2D eigenvalue weighted by Gasteiger charge is 2.15. The van der Waals surface area contributed by atoms with Gasteiger partial charge in [0.2, 0.25) is 0 Å². The van der Waals surface area contributed by atoms with E-state index in [1.807, 2.05) is 24.4 Å². The van der Waals surface area contributed by atoms with Gasteiger partial charge in [0.1, 0.15) is 13.2 Å². The average Bonchev–Trinajstić information content (AvgIpc) is 3.05. The number of esters is 1. The molecule has 2 aromatic heterocycles. The Labute approximate surface area is 172 Å². The number of fused-ring (bicyclic) bond motifs is 1. The first-order chi connectivity index (χ1) is 13.6. The average molecular weight is 413 g/mol. The van der Waals surface area contributed by atoms with Crippen LogP contribution in [0, 0.1) is 6.92 Å². The lowest BCUT2D eigenvalue weighted by Crippen LogP contribution is -2.30. The Bertz CT molecular complexity index is 1110. The minimum atomic E-state index is -0.603. The Hall–Kier alpha value is -3.00. The van der Waals surface area contributed by atoms with E-state index in [0.29, 0.717) is 16.2 Å². The molecule has 3 rings (SSSR count). The summed E-state index contributed by atoms with van der Waals surface area (Å²) in [6.45, 7) is 7.72. The number of nitrogens with zero attached hydrogens (tertiary/aromatic N) is 2. The van der Waals surface area contributed by atoms with E-state index in [2.05, 4.69) is 31.1 Å². The van der Waals surface area contributed by atoms with Gasteiger partial charge in [0.05, 0.1) is 5.69 Å². The molecule has 8 heteroatoms. The molecule has 0 saturated heterocycles. The predicted molar refractivity (Wildman–Crippen MR) is 111 cm³/mol. The highest BCUT2D eigenvalue weighted by molar-refractivity contribution is 7.15. The SMILES string of the molecule is Cc1csc2nc(COC(=O)CNC(=O)c3ccc(C(C)(C)C)cc3)cc(=O)n12. The van der Waals surface area contributed by atoms with E-state index in [1.54, 1.807) is 12.1 Å². The van der Waals surface area contributed by atoms with Crippen LogP contribution in [0.1, 0.15) is 48.1 Å². The van der Waals surface area contributed by atoms with Crippen molar-refractivity contribution in [2.24, 2.45) is 0 Å². The van der Waals surface area contributed by atoms with Crippen LogP contribution in [0.25, 0.3) is 4.96 Å². The number of carbonyl (C=O) groups excluding carboxylic acids is 2. The lowest BCUT2D eigenvalue weighted by Gasteiger charge is -2.19. The van der Waals surface area contributed by atoms with Crippen LogP contribution in [-0.2, 0) is 21.6 Å². The Kier molecular flexibility index (Phi) is 5.83. The van der Waals surface area contributed by atoms with Gasteiger partial charge in [-0.15, -0.1) is 11.3 Å². The number of hydrogen-bond donors (Lipinski definition) is 1. The fourth-order valence-corrected chi connectivity index (χ4v) is 3.65. The van der Waals surface area contributed by atoms with E-state index in [9.17, 15) is 14.4 Å². The van der Waals surface area contributed by atoms with E-state index in [-0.39, 0.29) is 30.0 Å². The quantitative estimate of drug-likeness (QED) is 0.650. The third-order valence-electron chi connectivity index (χ3n) is 4.42. The Morgan fingerprint density at radius 3 is 2.55 bits per heavy atom. The zero-order chi connectivity index (χ0) is 21.2. The van der Waals surface area contributed by atoms with Gasteiger partial charge in [0.15, 0.2) is 4.96 Å². The van der Waals surface area contributed by atoms with Crippen molar-refractivity contribution < 1.29 is 14.3 Å². The van der Waals surface area contributed by atoms with Gasteiger partial charge in [0.25, 0.3) is 11.5 Å². The zero-order valence-corrected chi connectivity index (χ0v) is 17.6. The second-order valence-corrected chi connectivity index (χ2v) is 8.59. The summed E-state index contributed by atoms with van der Waals surface area (Å²) in [5.41, 5.74) is 2.55. The Morgan fingerprint density at radius 2 is 1.90 bits per heavy atom. The van der Waals surface area contributed by atoms with E-state index in [0.717, 1.165) is 11.3 Å². The molecule has 0 saturated carbocycles. The number of ether oxygens (including phenoxy) is 1. The number of carbonyl (C=O) groups is 2. The minimum absolute atomic E-state index is 0.000130. The van der Waals surface area contributed by atoms with Gasteiger partial charge in [-0.1, -0.05) is 32.9 Å². The molecule has 7 nitrogen and oxygen atoms in total.